The van der Waals surface area contributed by atoms with E-state index in [-0.39, 0.29) is 17.8 Å². The van der Waals surface area contributed by atoms with Crippen molar-refractivity contribution in [2.45, 2.75) is 31.7 Å². The highest BCUT2D eigenvalue weighted by Gasteiger charge is 2.37. The van der Waals surface area contributed by atoms with E-state index in [0.717, 1.165) is 37.3 Å². The third-order valence-corrected chi connectivity index (χ3v) is 5.03. The van der Waals surface area contributed by atoms with Crippen molar-refractivity contribution in [3.63, 3.8) is 0 Å². The molecular formula is C18H22FN5O. The molecule has 0 spiro atoms. The van der Waals surface area contributed by atoms with Crippen LogP contribution in [0.4, 0.5) is 4.39 Å². The molecule has 0 N–H and O–H groups in total. The van der Waals surface area contributed by atoms with Crippen LogP contribution in [0.2, 0.25) is 0 Å². The molecule has 1 aliphatic heterocycles. The van der Waals surface area contributed by atoms with Gasteiger partial charge in [0.05, 0.1) is 11.4 Å². The molecule has 25 heavy (non-hydrogen) atoms. The van der Waals surface area contributed by atoms with Gasteiger partial charge in [-0.3, -0.25) is 4.79 Å². The zero-order valence-electron chi connectivity index (χ0n) is 14.5. The summed E-state index contributed by atoms with van der Waals surface area (Å²) in [6, 6.07) is 6.29. The molecule has 1 aromatic carbocycles. The Morgan fingerprint density at radius 3 is 2.56 bits per heavy atom. The number of aromatic nitrogens is 3. The van der Waals surface area contributed by atoms with Gasteiger partial charge in [-0.25, -0.2) is 9.07 Å². The van der Waals surface area contributed by atoms with Crippen molar-refractivity contribution in [3.8, 4) is 5.69 Å². The maximum absolute atomic E-state index is 13.2. The maximum atomic E-state index is 13.2. The predicted molar refractivity (Wildman–Crippen MR) is 91.3 cm³/mol. The fourth-order valence-corrected chi connectivity index (χ4v) is 3.52. The first kappa shape index (κ1) is 16.2. The van der Waals surface area contributed by atoms with Gasteiger partial charge in [0.15, 0.2) is 5.69 Å². The van der Waals surface area contributed by atoms with Crippen LogP contribution in [-0.2, 0) is 0 Å². The number of carbonyl (C=O) groups is 1. The van der Waals surface area contributed by atoms with Crippen molar-refractivity contribution < 1.29 is 9.18 Å². The summed E-state index contributed by atoms with van der Waals surface area (Å²) in [6.07, 6.45) is 2.07. The van der Waals surface area contributed by atoms with Gasteiger partial charge in [-0.1, -0.05) is 5.21 Å². The van der Waals surface area contributed by atoms with Crippen LogP contribution in [0, 0.1) is 5.82 Å². The number of likely N-dealkylation sites (N-methyl/N-ethyl adjacent to an activating group) is 1. The molecule has 4 rings (SSSR count). The Hall–Kier alpha value is -2.28. The van der Waals surface area contributed by atoms with E-state index in [9.17, 15) is 9.18 Å². The normalized spacial score (nSPS) is 21.6. The second kappa shape index (κ2) is 6.22. The SMILES string of the molecule is C[C@@H]1CN(C)CCN1C(=O)c1nnn(-c2ccc(F)cc2)c1C1CC1. The Labute approximate surface area is 146 Å². The number of hydrogen-bond acceptors (Lipinski definition) is 4. The standard InChI is InChI=1S/C18H22FN5O/c1-12-11-22(2)9-10-23(12)18(25)16-17(13-3-4-13)24(21-20-16)15-7-5-14(19)6-8-15/h5-8,12-13H,3-4,9-11H2,1-2H3/t12-/m1/s1. The maximum Gasteiger partial charge on any atom is 0.276 e. The first-order chi connectivity index (χ1) is 12.0. The summed E-state index contributed by atoms with van der Waals surface area (Å²) in [5.74, 6) is -0.0305. The van der Waals surface area contributed by atoms with Crippen LogP contribution >= 0.6 is 0 Å². The number of amides is 1. The molecule has 132 valence electrons. The van der Waals surface area contributed by atoms with Crippen LogP contribution in [-0.4, -0.2) is 63.4 Å². The summed E-state index contributed by atoms with van der Waals surface area (Å²) in [6.45, 7) is 4.48. The molecule has 2 aromatic rings. The summed E-state index contributed by atoms with van der Waals surface area (Å²) in [5, 5.41) is 8.44. The molecule has 0 radical (unpaired) electrons. The third-order valence-electron chi connectivity index (χ3n) is 5.03. The third kappa shape index (κ3) is 3.04. The summed E-state index contributed by atoms with van der Waals surface area (Å²) in [7, 11) is 2.07. The van der Waals surface area contributed by atoms with Gasteiger partial charge >= 0.3 is 0 Å². The van der Waals surface area contributed by atoms with Gasteiger partial charge in [0.2, 0.25) is 0 Å². The average Bonchev–Trinajstić information content (AvgIpc) is 3.33. The van der Waals surface area contributed by atoms with Crippen LogP contribution in [0.5, 0.6) is 0 Å². The number of nitrogens with zero attached hydrogens (tertiary/aromatic N) is 5. The largest absolute Gasteiger partial charge is 0.332 e. The van der Waals surface area contributed by atoms with Gasteiger partial charge in [-0.15, -0.1) is 5.10 Å². The Bertz CT molecular complexity index is 783. The lowest BCUT2D eigenvalue weighted by atomic mass is 10.1. The lowest BCUT2D eigenvalue weighted by Crippen LogP contribution is -2.52. The first-order valence-electron chi connectivity index (χ1n) is 8.75. The summed E-state index contributed by atoms with van der Waals surface area (Å²) in [5.41, 5.74) is 2.05. The number of benzene rings is 1. The van der Waals surface area contributed by atoms with Crippen molar-refractivity contribution in [2.24, 2.45) is 0 Å². The molecule has 1 aliphatic carbocycles. The van der Waals surface area contributed by atoms with Crippen LogP contribution < -0.4 is 0 Å². The molecule has 1 aromatic heterocycles. The predicted octanol–water partition coefficient (Wildman–Crippen LogP) is 2.06. The fourth-order valence-electron chi connectivity index (χ4n) is 3.52. The van der Waals surface area contributed by atoms with E-state index in [1.54, 1.807) is 16.8 Å². The molecule has 6 nitrogen and oxygen atoms in total. The minimum Gasteiger partial charge on any atom is -0.332 e. The van der Waals surface area contributed by atoms with E-state index in [0.29, 0.717) is 18.2 Å². The second-order valence-corrected chi connectivity index (χ2v) is 7.10. The minimum atomic E-state index is -0.292. The van der Waals surface area contributed by atoms with E-state index in [1.165, 1.54) is 12.1 Å². The topological polar surface area (TPSA) is 54.3 Å². The Balaban J connectivity index is 1.68. The highest BCUT2D eigenvalue weighted by atomic mass is 19.1. The minimum absolute atomic E-state index is 0.0455. The quantitative estimate of drug-likeness (QED) is 0.856. The highest BCUT2D eigenvalue weighted by Crippen LogP contribution is 2.42. The van der Waals surface area contributed by atoms with Crippen molar-refractivity contribution in [1.29, 1.82) is 0 Å². The monoisotopic (exact) mass is 343 g/mol. The van der Waals surface area contributed by atoms with Crippen LogP contribution in [0.1, 0.15) is 41.9 Å². The van der Waals surface area contributed by atoms with Crippen molar-refractivity contribution in [3.05, 3.63) is 41.5 Å². The molecule has 0 bridgehead atoms. The van der Waals surface area contributed by atoms with Crippen LogP contribution in [0.25, 0.3) is 5.69 Å². The zero-order valence-corrected chi connectivity index (χ0v) is 14.5. The molecule has 2 aliphatic rings. The van der Waals surface area contributed by atoms with Gasteiger partial charge in [0.25, 0.3) is 5.91 Å². The second-order valence-electron chi connectivity index (χ2n) is 7.10. The summed E-state index contributed by atoms with van der Waals surface area (Å²) >= 11 is 0. The first-order valence-corrected chi connectivity index (χ1v) is 8.75. The number of carbonyl (C=O) groups excluding carboxylic acids is 1. The van der Waals surface area contributed by atoms with Crippen molar-refractivity contribution >= 4 is 5.91 Å². The van der Waals surface area contributed by atoms with Gasteiger partial charge < -0.3 is 9.80 Å². The van der Waals surface area contributed by atoms with E-state index in [2.05, 4.69) is 29.2 Å². The van der Waals surface area contributed by atoms with Crippen LogP contribution in [0.15, 0.2) is 24.3 Å². The highest BCUT2D eigenvalue weighted by molar-refractivity contribution is 5.94. The summed E-state index contributed by atoms with van der Waals surface area (Å²) in [4.78, 5) is 17.2. The molecule has 1 saturated heterocycles. The molecule has 1 saturated carbocycles. The van der Waals surface area contributed by atoms with E-state index >= 15 is 0 Å². The molecule has 2 heterocycles. The number of hydrogen-bond donors (Lipinski definition) is 0. The molecule has 2 fully saturated rings. The molecule has 1 amide bonds. The molecular weight excluding hydrogens is 321 g/mol. The van der Waals surface area contributed by atoms with Gasteiger partial charge in [-0.2, -0.15) is 0 Å². The number of rotatable bonds is 3. The zero-order chi connectivity index (χ0) is 17.6. The molecule has 1 atom stereocenters. The van der Waals surface area contributed by atoms with E-state index < -0.39 is 0 Å². The van der Waals surface area contributed by atoms with Crippen molar-refractivity contribution in [1.82, 2.24) is 24.8 Å². The summed E-state index contributed by atoms with van der Waals surface area (Å²) < 4.78 is 14.9. The van der Waals surface area contributed by atoms with Crippen molar-refractivity contribution in [2.75, 3.05) is 26.7 Å². The van der Waals surface area contributed by atoms with Crippen LogP contribution in [0.3, 0.4) is 0 Å². The number of halogens is 1. The Morgan fingerprint density at radius 1 is 1.20 bits per heavy atom. The van der Waals surface area contributed by atoms with Gasteiger partial charge in [0.1, 0.15) is 5.82 Å². The Morgan fingerprint density at radius 2 is 1.92 bits per heavy atom. The smallest absolute Gasteiger partial charge is 0.276 e. The number of piperazine rings is 1. The molecule has 0 unspecified atom stereocenters. The van der Waals surface area contributed by atoms with E-state index in [1.807, 2.05) is 4.90 Å². The average molecular weight is 343 g/mol. The van der Waals surface area contributed by atoms with E-state index in [4.69, 9.17) is 0 Å². The van der Waals surface area contributed by atoms with Gasteiger partial charge in [-0.05, 0) is 51.1 Å². The lowest BCUT2D eigenvalue weighted by Gasteiger charge is -2.37. The fraction of sp³-hybridized carbons (Fsp3) is 0.500. The Kier molecular flexibility index (Phi) is 4.03. The molecule has 7 heteroatoms. The van der Waals surface area contributed by atoms with Gasteiger partial charge in [0, 0.05) is 31.6 Å². The lowest BCUT2D eigenvalue weighted by molar-refractivity contribution is 0.0526.